The fourth-order valence-corrected chi connectivity index (χ4v) is 2.00. The zero-order valence-electron chi connectivity index (χ0n) is 10.7. The van der Waals surface area contributed by atoms with Crippen molar-refractivity contribution in [1.82, 2.24) is 4.98 Å². The number of halogens is 1. The van der Waals surface area contributed by atoms with Gasteiger partial charge in [0.15, 0.2) is 5.84 Å². The minimum Gasteiger partial charge on any atom is -0.492 e. The third kappa shape index (κ3) is 3.39. The summed E-state index contributed by atoms with van der Waals surface area (Å²) in [6.07, 6.45) is 2.39. The van der Waals surface area contributed by atoms with E-state index in [9.17, 15) is 0 Å². The summed E-state index contributed by atoms with van der Waals surface area (Å²) >= 11 is 6.03. The summed E-state index contributed by atoms with van der Waals surface area (Å²) in [5, 5.41) is 12.1. The van der Waals surface area contributed by atoms with Gasteiger partial charge in [-0.15, -0.1) is 0 Å². The number of hydrogen-bond donors (Lipinski definition) is 2. The van der Waals surface area contributed by atoms with Gasteiger partial charge in [-0.2, -0.15) is 0 Å². The number of ether oxygens (including phenoxy) is 1. The molecular weight excluding hydrogens is 278 g/mol. The van der Waals surface area contributed by atoms with Gasteiger partial charge < -0.3 is 15.7 Å². The molecule has 0 atom stereocenters. The second-order valence-corrected chi connectivity index (χ2v) is 4.42. The molecule has 3 N–H and O–H groups in total. The van der Waals surface area contributed by atoms with Crippen LogP contribution >= 0.6 is 11.6 Å². The van der Waals surface area contributed by atoms with Gasteiger partial charge in [0.05, 0.1) is 17.2 Å². The van der Waals surface area contributed by atoms with E-state index < -0.39 is 0 Å². The fourth-order valence-electron chi connectivity index (χ4n) is 1.73. The number of amidine groups is 1. The molecule has 1 heterocycles. The Morgan fingerprint density at radius 3 is 2.85 bits per heavy atom. The third-order valence-electron chi connectivity index (χ3n) is 2.68. The first-order valence-corrected chi connectivity index (χ1v) is 6.39. The van der Waals surface area contributed by atoms with E-state index in [0.29, 0.717) is 29.4 Å². The van der Waals surface area contributed by atoms with Crippen molar-refractivity contribution in [3.63, 3.8) is 0 Å². The first-order valence-electron chi connectivity index (χ1n) is 6.01. The highest BCUT2D eigenvalue weighted by Gasteiger charge is 2.12. The molecule has 0 saturated carbocycles. The van der Waals surface area contributed by atoms with Gasteiger partial charge in [-0.3, -0.25) is 4.98 Å². The average molecular weight is 292 g/mol. The van der Waals surface area contributed by atoms with Gasteiger partial charge >= 0.3 is 0 Å². The Morgan fingerprint density at radius 2 is 2.15 bits per heavy atom. The summed E-state index contributed by atoms with van der Waals surface area (Å²) < 4.78 is 5.65. The number of aromatic nitrogens is 1. The van der Waals surface area contributed by atoms with Crippen LogP contribution in [-0.2, 0) is 6.42 Å². The van der Waals surface area contributed by atoms with Crippen LogP contribution in [0.25, 0.3) is 0 Å². The van der Waals surface area contributed by atoms with Gasteiger partial charge in [0.1, 0.15) is 5.75 Å². The maximum Gasteiger partial charge on any atom is 0.175 e. The van der Waals surface area contributed by atoms with E-state index in [0.717, 1.165) is 5.69 Å². The smallest absolute Gasteiger partial charge is 0.175 e. The summed E-state index contributed by atoms with van der Waals surface area (Å²) in [6, 6.07) is 10.8. The van der Waals surface area contributed by atoms with Crippen LogP contribution in [0.2, 0.25) is 5.02 Å². The predicted octanol–water partition coefficient (Wildman–Crippen LogP) is 2.45. The highest BCUT2D eigenvalue weighted by atomic mass is 35.5. The number of pyridine rings is 1. The predicted molar refractivity (Wildman–Crippen MR) is 77.4 cm³/mol. The molecule has 5 nitrogen and oxygen atoms in total. The van der Waals surface area contributed by atoms with Crippen molar-refractivity contribution in [3.8, 4) is 5.75 Å². The highest BCUT2D eigenvalue weighted by molar-refractivity contribution is 6.34. The maximum atomic E-state index is 8.78. The first-order chi connectivity index (χ1) is 9.72. The van der Waals surface area contributed by atoms with Crippen LogP contribution in [0.3, 0.4) is 0 Å². The van der Waals surface area contributed by atoms with Crippen LogP contribution < -0.4 is 10.5 Å². The van der Waals surface area contributed by atoms with Crippen molar-refractivity contribution in [2.45, 2.75) is 6.42 Å². The van der Waals surface area contributed by atoms with Crippen molar-refractivity contribution in [2.75, 3.05) is 6.61 Å². The molecule has 20 heavy (non-hydrogen) atoms. The molecule has 0 radical (unpaired) electrons. The van der Waals surface area contributed by atoms with Crippen molar-refractivity contribution >= 4 is 17.4 Å². The minimum absolute atomic E-state index is 0.0802. The highest BCUT2D eigenvalue weighted by Crippen LogP contribution is 2.26. The molecule has 0 amide bonds. The van der Waals surface area contributed by atoms with Gasteiger partial charge in [0.25, 0.3) is 0 Å². The molecule has 0 spiro atoms. The lowest BCUT2D eigenvalue weighted by molar-refractivity contribution is 0.313. The second kappa shape index (κ2) is 6.77. The van der Waals surface area contributed by atoms with E-state index in [1.807, 2.05) is 18.2 Å². The third-order valence-corrected chi connectivity index (χ3v) is 3.00. The Bertz CT molecular complexity index is 603. The number of rotatable bonds is 5. The Balaban J connectivity index is 2.08. The lowest BCUT2D eigenvalue weighted by Crippen LogP contribution is -2.16. The van der Waals surface area contributed by atoms with Gasteiger partial charge in [0, 0.05) is 18.3 Å². The van der Waals surface area contributed by atoms with Crippen LogP contribution in [-0.4, -0.2) is 22.6 Å². The van der Waals surface area contributed by atoms with Crippen molar-refractivity contribution in [1.29, 1.82) is 0 Å². The molecule has 6 heteroatoms. The standard InChI is InChI=1S/C14H14ClN3O2/c15-11-5-3-6-12(13(11)14(16)18-19)20-9-7-10-4-1-2-8-17-10/h1-6,8,19H,7,9H2,(H2,16,18). The normalized spacial score (nSPS) is 11.3. The van der Waals surface area contributed by atoms with Crippen LogP contribution in [0.15, 0.2) is 47.8 Å². The molecular formula is C14H14ClN3O2. The van der Waals surface area contributed by atoms with Crippen LogP contribution in [0, 0.1) is 0 Å². The number of benzene rings is 1. The van der Waals surface area contributed by atoms with E-state index in [1.165, 1.54) is 0 Å². The summed E-state index contributed by atoms with van der Waals surface area (Å²) in [7, 11) is 0. The Kier molecular flexibility index (Phi) is 4.79. The lowest BCUT2D eigenvalue weighted by atomic mass is 10.2. The van der Waals surface area contributed by atoms with E-state index in [4.69, 9.17) is 27.3 Å². The van der Waals surface area contributed by atoms with Gasteiger partial charge in [-0.05, 0) is 24.3 Å². The number of nitrogens with zero attached hydrogens (tertiary/aromatic N) is 2. The molecule has 2 rings (SSSR count). The largest absolute Gasteiger partial charge is 0.492 e. The van der Waals surface area contributed by atoms with Crippen molar-refractivity contribution < 1.29 is 9.94 Å². The maximum absolute atomic E-state index is 8.78. The molecule has 0 aliphatic rings. The molecule has 0 aliphatic carbocycles. The van der Waals surface area contributed by atoms with Gasteiger partial charge in [-0.25, -0.2) is 0 Å². The fraction of sp³-hybridized carbons (Fsp3) is 0.143. The number of oxime groups is 1. The summed E-state index contributed by atoms with van der Waals surface area (Å²) in [5.74, 6) is 0.396. The lowest BCUT2D eigenvalue weighted by Gasteiger charge is -2.11. The zero-order valence-corrected chi connectivity index (χ0v) is 11.4. The quantitative estimate of drug-likeness (QED) is 0.384. The molecule has 2 aromatic rings. The summed E-state index contributed by atoms with van der Waals surface area (Å²) in [5.41, 5.74) is 6.92. The van der Waals surface area contributed by atoms with E-state index in [-0.39, 0.29) is 5.84 Å². The van der Waals surface area contributed by atoms with E-state index in [2.05, 4.69) is 10.1 Å². The van der Waals surface area contributed by atoms with Crippen LogP contribution in [0.5, 0.6) is 5.75 Å². The molecule has 0 fully saturated rings. The molecule has 0 aliphatic heterocycles. The molecule has 1 aromatic heterocycles. The molecule has 104 valence electrons. The minimum atomic E-state index is -0.0802. The van der Waals surface area contributed by atoms with Crippen LogP contribution in [0.1, 0.15) is 11.3 Å². The Hall–Kier alpha value is -2.27. The Labute approximate surface area is 121 Å². The SMILES string of the molecule is NC(=NO)c1c(Cl)cccc1OCCc1ccccn1. The first kappa shape index (κ1) is 14.1. The summed E-state index contributed by atoms with van der Waals surface area (Å²) in [6.45, 7) is 0.420. The topological polar surface area (TPSA) is 80.7 Å². The van der Waals surface area contributed by atoms with Crippen molar-refractivity contribution in [3.05, 3.63) is 58.9 Å². The average Bonchev–Trinajstić information content (AvgIpc) is 2.48. The molecule has 1 aromatic carbocycles. The van der Waals surface area contributed by atoms with Crippen molar-refractivity contribution in [2.24, 2.45) is 10.9 Å². The summed E-state index contributed by atoms with van der Waals surface area (Å²) in [4.78, 5) is 4.21. The van der Waals surface area contributed by atoms with E-state index in [1.54, 1.807) is 24.4 Å². The molecule has 0 unspecified atom stereocenters. The monoisotopic (exact) mass is 291 g/mol. The number of nitrogens with two attached hydrogens (primary N) is 1. The van der Waals surface area contributed by atoms with Crippen LogP contribution in [0.4, 0.5) is 0 Å². The van der Waals surface area contributed by atoms with Gasteiger partial charge in [-0.1, -0.05) is 28.9 Å². The second-order valence-electron chi connectivity index (χ2n) is 4.02. The number of hydrogen-bond acceptors (Lipinski definition) is 4. The Morgan fingerprint density at radius 1 is 1.30 bits per heavy atom. The molecule has 0 bridgehead atoms. The molecule has 0 saturated heterocycles. The zero-order chi connectivity index (χ0) is 14.4. The van der Waals surface area contributed by atoms with Gasteiger partial charge in [0.2, 0.25) is 0 Å². The van der Waals surface area contributed by atoms with E-state index >= 15 is 0 Å².